The summed E-state index contributed by atoms with van der Waals surface area (Å²) in [7, 11) is 1.87. The largest absolute Gasteiger partial charge is 0.484 e. The zero-order valence-corrected chi connectivity index (χ0v) is 15.3. The van der Waals surface area contributed by atoms with Crippen LogP contribution in [-0.2, 0) is 4.79 Å². The lowest BCUT2D eigenvalue weighted by Crippen LogP contribution is -2.35. The van der Waals surface area contributed by atoms with Gasteiger partial charge in [0.05, 0.1) is 0 Å². The van der Waals surface area contributed by atoms with Crippen LogP contribution in [0.2, 0.25) is 0 Å². The average molecular weight is 354 g/mol. The van der Waals surface area contributed by atoms with Crippen molar-refractivity contribution in [2.24, 2.45) is 5.92 Å². The van der Waals surface area contributed by atoms with E-state index in [9.17, 15) is 4.79 Å². The average Bonchev–Trinajstić information content (AvgIpc) is 2.69. The molecule has 0 radical (unpaired) electrons. The number of rotatable bonds is 7. The summed E-state index contributed by atoms with van der Waals surface area (Å²) in [5.41, 5.74) is 0. The highest BCUT2D eigenvalue weighted by atomic mass is 16.5. The maximum atomic E-state index is 12.3. The summed E-state index contributed by atoms with van der Waals surface area (Å²) in [6.45, 7) is 0.892. The summed E-state index contributed by atoms with van der Waals surface area (Å²) in [6.07, 6.45) is 8.05. The molecule has 3 rings (SSSR count). The Hall–Kier alpha value is -2.56. The van der Waals surface area contributed by atoms with Gasteiger partial charge in [0.2, 0.25) is 5.88 Å². The Morgan fingerprint density at radius 3 is 2.50 bits per heavy atom. The van der Waals surface area contributed by atoms with Crippen LogP contribution in [0.1, 0.15) is 32.1 Å². The van der Waals surface area contributed by atoms with E-state index in [4.69, 9.17) is 9.47 Å². The first-order valence-electron chi connectivity index (χ1n) is 9.26. The molecule has 1 saturated carbocycles. The van der Waals surface area contributed by atoms with Crippen molar-refractivity contribution in [3.63, 3.8) is 0 Å². The Bertz CT molecular complexity index is 682. The predicted octanol–water partition coefficient (Wildman–Crippen LogP) is 4.29. The second kappa shape index (κ2) is 9.22. The molecule has 0 aliphatic heterocycles. The van der Waals surface area contributed by atoms with Crippen LogP contribution in [0.5, 0.6) is 17.4 Å². The molecule has 0 N–H and O–H groups in total. The molecular weight excluding hydrogens is 328 g/mol. The van der Waals surface area contributed by atoms with Gasteiger partial charge in [-0.2, -0.15) is 0 Å². The van der Waals surface area contributed by atoms with E-state index < -0.39 is 0 Å². The highest BCUT2D eigenvalue weighted by Gasteiger charge is 2.18. The highest BCUT2D eigenvalue weighted by Crippen LogP contribution is 2.24. The zero-order valence-electron chi connectivity index (χ0n) is 15.3. The molecular formula is C21H26N2O3. The lowest BCUT2D eigenvalue weighted by atomic mass is 9.89. The van der Waals surface area contributed by atoms with Gasteiger partial charge in [0.15, 0.2) is 6.61 Å². The first-order valence-corrected chi connectivity index (χ1v) is 9.26. The molecule has 1 fully saturated rings. The van der Waals surface area contributed by atoms with Crippen LogP contribution >= 0.6 is 0 Å². The van der Waals surface area contributed by atoms with Crippen LogP contribution < -0.4 is 9.47 Å². The molecule has 26 heavy (non-hydrogen) atoms. The van der Waals surface area contributed by atoms with Gasteiger partial charge < -0.3 is 14.4 Å². The van der Waals surface area contributed by atoms with E-state index in [1.807, 2.05) is 19.2 Å². The molecule has 1 heterocycles. The number of amides is 1. The maximum absolute atomic E-state index is 12.3. The number of pyridine rings is 1. The van der Waals surface area contributed by atoms with Gasteiger partial charge in [0.25, 0.3) is 5.91 Å². The van der Waals surface area contributed by atoms with Crippen LogP contribution in [0.25, 0.3) is 0 Å². The van der Waals surface area contributed by atoms with Gasteiger partial charge in [-0.1, -0.05) is 25.3 Å². The maximum Gasteiger partial charge on any atom is 0.260 e. The quantitative estimate of drug-likeness (QED) is 0.744. The van der Waals surface area contributed by atoms with Crippen LogP contribution in [0.3, 0.4) is 0 Å². The van der Waals surface area contributed by atoms with Crippen molar-refractivity contribution in [3.8, 4) is 17.4 Å². The molecule has 138 valence electrons. The molecule has 5 heteroatoms. The molecule has 1 aliphatic carbocycles. The zero-order chi connectivity index (χ0) is 18.2. The SMILES string of the molecule is CN(CC1CCCCC1)C(=O)COc1ccc(Oc2ccccn2)cc1. The van der Waals surface area contributed by atoms with Crippen LogP contribution in [-0.4, -0.2) is 36.0 Å². The Morgan fingerprint density at radius 2 is 1.81 bits per heavy atom. The number of nitrogens with zero attached hydrogens (tertiary/aromatic N) is 2. The summed E-state index contributed by atoms with van der Waals surface area (Å²) in [5, 5.41) is 0. The van der Waals surface area contributed by atoms with Crippen LogP contribution in [0.15, 0.2) is 48.7 Å². The van der Waals surface area contributed by atoms with Crippen molar-refractivity contribution in [1.29, 1.82) is 0 Å². The number of hydrogen-bond acceptors (Lipinski definition) is 4. The minimum absolute atomic E-state index is 0.0179. The van der Waals surface area contributed by atoms with Crippen molar-refractivity contribution >= 4 is 5.91 Å². The van der Waals surface area contributed by atoms with E-state index in [1.165, 1.54) is 32.1 Å². The molecule has 0 spiro atoms. The van der Waals surface area contributed by atoms with E-state index in [0.717, 1.165) is 6.54 Å². The topological polar surface area (TPSA) is 51.7 Å². The van der Waals surface area contributed by atoms with E-state index >= 15 is 0 Å². The molecule has 2 aromatic rings. The molecule has 0 unspecified atom stereocenters. The van der Waals surface area contributed by atoms with Gasteiger partial charge in [-0.25, -0.2) is 4.98 Å². The normalized spacial score (nSPS) is 14.7. The fourth-order valence-electron chi connectivity index (χ4n) is 3.25. The lowest BCUT2D eigenvalue weighted by molar-refractivity contribution is -0.132. The van der Waals surface area contributed by atoms with Gasteiger partial charge in [-0.05, 0) is 49.1 Å². The Balaban J connectivity index is 1.44. The smallest absolute Gasteiger partial charge is 0.260 e. The minimum atomic E-state index is 0.0179. The fourth-order valence-corrected chi connectivity index (χ4v) is 3.25. The van der Waals surface area contributed by atoms with Crippen molar-refractivity contribution in [2.75, 3.05) is 20.2 Å². The number of benzene rings is 1. The molecule has 0 saturated heterocycles. The van der Waals surface area contributed by atoms with E-state index in [0.29, 0.717) is 23.3 Å². The van der Waals surface area contributed by atoms with Crippen molar-refractivity contribution in [1.82, 2.24) is 9.88 Å². The molecule has 1 aliphatic rings. The van der Waals surface area contributed by atoms with Gasteiger partial charge in [-0.3, -0.25) is 4.79 Å². The summed E-state index contributed by atoms with van der Waals surface area (Å²) >= 11 is 0. The van der Waals surface area contributed by atoms with Gasteiger partial charge >= 0.3 is 0 Å². The number of hydrogen-bond donors (Lipinski definition) is 0. The third-order valence-electron chi connectivity index (χ3n) is 4.73. The molecule has 1 amide bonds. The number of aromatic nitrogens is 1. The highest BCUT2D eigenvalue weighted by molar-refractivity contribution is 5.77. The molecule has 0 atom stereocenters. The Morgan fingerprint density at radius 1 is 1.08 bits per heavy atom. The van der Waals surface area contributed by atoms with Crippen LogP contribution in [0.4, 0.5) is 0 Å². The van der Waals surface area contributed by atoms with E-state index in [1.54, 1.807) is 41.4 Å². The Kier molecular flexibility index (Phi) is 6.47. The van der Waals surface area contributed by atoms with Gasteiger partial charge in [0, 0.05) is 25.9 Å². The van der Waals surface area contributed by atoms with Gasteiger partial charge in [-0.15, -0.1) is 0 Å². The first-order chi connectivity index (χ1) is 12.7. The van der Waals surface area contributed by atoms with Crippen molar-refractivity contribution in [2.45, 2.75) is 32.1 Å². The third-order valence-corrected chi connectivity index (χ3v) is 4.73. The predicted molar refractivity (Wildman–Crippen MR) is 100 cm³/mol. The van der Waals surface area contributed by atoms with Crippen molar-refractivity contribution in [3.05, 3.63) is 48.7 Å². The minimum Gasteiger partial charge on any atom is -0.484 e. The standard InChI is InChI=1S/C21H26N2O3/c1-23(15-17-7-3-2-4-8-17)21(24)16-25-18-10-12-19(13-11-18)26-20-9-5-6-14-22-20/h5-6,9-14,17H,2-4,7-8,15-16H2,1H3. The summed E-state index contributed by atoms with van der Waals surface area (Å²) < 4.78 is 11.3. The lowest BCUT2D eigenvalue weighted by Gasteiger charge is -2.27. The fraction of sp³-hybridized carbons (Fsp3) is 0.429. The number of carbonyl (C=O) groups excluding carboxylic acids is 1. The number of ether oxygens (including phenoxy) is 2. The number of carbonyl (C=O) groups is 1. The second-order valence-corrected chi connectivity index (χ2v) is 6.81. The number of likely N-dealkylation sites (N-methyl/N-ethyl adjacent to an activating group) is 1. The molecule has 1 aromatic carbocycles. The van der Waals surface area contributed by atoms with E-state index in [2.05, 4.69) is 4.98 Å². The summed E-state index contributed by atoms with van der Waals surface area (Å²) in [5.74, 6) is 2.53. The summed E-state index contributed by atoms with van der Waals surface area (Å²) in [4.78, 5) is 18.2. The Labute approximate surface area is 155 Å². The molecule has 1 aromatic heterocycles. The molecule has 0 bridgehead atoms. The van der Waals surface area contributed by atoms with Crippen molar-refractivity contribution < 1.29 is 14.3 Å². The monoisotopic (exact) mass is 354 g/mol. The summed E-state index contributed by atoms with van der Waals surface area (Å²) in [6, 6.07) is 12.7. The molecule has 5 nitrogen and oxygen atoms in total. The van der Waals surface area contributed by atoms with E-state index in [-0.39, 0.29) is 12.5 Å². The van der Waals surface area contributed by atoms with Crippen LogP contribution in [0, 0.1) is 5.92 Å². The van der Waals surface area contributed by atoms with Gasteiger partial charge in [0.1, 0.15) is 11.5 Å². The third kappa shape index (κ3) is 5.48. The first kappa shape index (κ1) is 18.2. The second-order valence-electron chi connectivity index (χ2n) is 6.81.